The average Bonchev–Trinajstić information content (AvgIpc) is 3.28. The second kappa shape index (κ2) is 8.89. The van der Waals surface area contributed by atoms with E-state index in [0.717, 1.165) is 0 Å². The molecule has 0 unspecified atom stereocenters. The molecule has 0 bridgehead atoms. The van der Waals surface area contributed by atoms with Gasteiger partial charge in [-0.3, -0.25) is 9.36 Å². The normalized spacial score (nSPS) is 12.1. The fourth-order valence-corrected chi connectivity index (χ4v) is 3.89. The van der Waals surface area contributed by atoms with Gasteiger partial charge in [-0.25, -0.2) is 19.3 Å². The summed E-state index contributed by atoms with van der Waals surface area (Å²) in [7, 11) is 1.63. The van der Waals surface area contributed by atoms with Gasteiger partial charge in [-0.2, -0.15) is 4.80 Å². The van der Waals surface area contributed by atoms with Crippen LogP contribution in [0.25, 0.3) is 28.0 Å². The Morgan fingerprint density at radius 2 is 1.91 bits per heavy atom. The Balaban J connectivity index is 1.71. The van der Waals surface area contributed by atoms with Crippen LogP contribution in [0.2, 0.25) is 0 Å². The quantitative estimate of drug-likeness (QED) is 0.381. The summed E-state index contributed by atoms with van der Waals surface area (Å²) in [6.45, 7) is 1.93. The summed E-state index contributed by atoms with van der Waals surface area (Å²) in [5, 5.41) is 15.4. The second-order valence-electron chi connectivity index (χ2n) is 7.77. The Kier molecular flexibility index (Phi) is 5.61. The number of nitrogens with one attached hydrogen (secondary N) is 1. The second-order valence-corrected chi connectivity index (χ2v) is 7.77. The van der Waals surface area contributed by atoms with Crippen molar-refractivity contribution in [2.24, 2.45) is 7.05 Å². The number of nitrogen functional groups attached to an aromatic ring is 1. The van der Waals surface area contributed by atoms with E-state index < -0.39 is 17.4 Å². The Morgan fingerprint density at radius 1 is 1.11 bits per heavy atom. The lowest BCUT2D eigenvalue weighted by Crippen LogP contribution is -2.29. The zero-order valence-electron chi connectivity index (χ0n) is 18.9. The van der Waals surface area contributed by atoms with Gasteiger partial charge in [0.1, 0.15) is 40.6 Å². The number of anilines is 2. The molecule has 1 atom stereocenters. The van der Waals surface area contributed by atoms with Gasteiger partial charge in [0.15, 0.2) is 0 Å². The molecule has 3 N–H and O–H groups in total. The number of hydrogen-bond acceptors (Lipinski definition) is 9. The molecule has 11 nitrogen and oxygen atoms in total. The van der Waals surface area contributed by atoms with E-state index >= 15 is 0 Å². The molecule has 12 heteroatoms. The molecule has 0 aliphatic heterocycles. The van der Waals surface area contributed by atoms with Gasteiger partial charge >= 0.3 is 0 Å². The van der Waals surface area contributed by atoms with E-state index in [9.17, 15) is 9.18 Å². The van der Waals surface area contributed by atoms with Crippen LogP contribution in [0.4, 0.5) is 16.0 Å². The van der Waals surface area contributed by atoms with Gasteiger partial charge in [-0.15, -0.1) is 10.2 Å². The first-order valence-corrected chi connectivity index (χ1v) is 10.9. The highest BCUT2D eigenvalue weighted by molar-refractivity contribution is 5.80. The highest BCUT2D eigenvalue weighted by atomic mass is 19.1. The Morgan fingerprint density at radius 3 is 2.63 bits per heavy atom. The van der Waals surface area contributed by atoms with Crippen molar-refractivity contribution in [2.45, 2.75) is 19.4 Å². The topological polar surface area (TPSA) is 142 Å². The molecule has 0 aliphatic rings. The fraction of sp³-hybridized carbons (Fsp3) is 0.174. The van der Waals surface area contributed by atoms with Gasteiger partial charge in [0.05, 0.1) is 24.3 Å². The summed E-state index contributed by atoms with van der Waals surface area (Å²) in [4.78, 5) is 28.0. The van der Waals surface area contributed by atoms with Crippen molar-refractivity contribution in [3.63, 3.8) is 0 Å². The molecule has 0 amide bonds. The highest BCUT2D eigenvalue weighted by Gasteiger charge is 2.24. The van der Waals surface area contributed by atoms with E-state index in [1.165, 1.54) is 27.8 Å². The van der Waals surface area contributed by atoms with Gasteiger partial charge in [0, 0.05) is 0 Å². The summed E-state index contributed by atoms with van der Waals surface area (Å²) >= 11 is 0. The number of aromatic nitrogens is 8. The molecule has 5 aromatic rings. The van der Waals surface area contributed by atoms with Crippen molar-refractivity contribution in [3.05, 3.63) is 76.9 Å². The average molecular weight is 472 g/mol. The number of hydrogen-bond donors (Lipinski definition) is 2. The van der Waals surface area contributed by atoms with Gasteiger partial charge < -0.3 is 11.1 Å². The van der Waals surface area contributed by atoms with E-state index in [4.69, 9.17) is 10.7 Å². The number of aryl methyl sites for hydroxylation is 1. The monoisotopic (exact) mass is 472 g/mol. The third kappa shape index (κ3) is 3.94. The number of halogens is 1. The van der Waals surface area contributed by atoms with Crippen molar-refractivity contribution in [1.82, 2.24) is 39.7 Å². The van der Waals surface area contributed by atoms with E-state index in [0.29, 0.717) is 29.3 Å². The Labute approximate surface area is 198 Å². The fourth-order valence-electron chi connectivity index (χ4n) is 3.89. The zero-order valence-corrected chi connectivity index (χ0v) is 18.9. The first-order valence-electron chi connectivity index (χ1n) is 10.9. The predicted octanol–water partition coefficient (Wildman–Crippen LogP) is 2.65. The first-order chi connectivity index (χ1) is 17.0. The van der Waals surface area contributed by atoms with Crippen LogP contribution in [0.5, 0.6) is 0 Å². The van der Waals surface area contributed by atoms with Crippen LogP contribution in [0.3, 0.4) is 0 Å². The summed E-state index contributed by atoms with van der Waals surface area (Å²) in [5.41, 5.74) is 6.82. The minimum atomic E-state index is -0.628. The smallest absolute Gasteiger partial charge is 0.269 e. The third-order valence-electron chi connectivity index (χ3n) is 5.53. The van der Waals surface area contributed by atoms with Crippen LogP contribution in [0.15, 0.2) is 59.7 Å². The van der Waals surface area contributed by atoms with Crippen LogP contribution in [0, 0.1) is 5.82 Å². The summed E-state index contributed by atoms with van der Waals surface area (Å²) in [6, 6.07) is 12.8. The Hall–Kier alpha value is -4.74. The number of benzene rings is 2. The van der Waals surface area contributed by atoms with Gasteiger partial charge in [-0.1, -0.05) is 31.2 Å². The molecule has 0 fully saturated rings. The van der Waals surface area contributed by atoms with Crippen molar-refractivity contribution in [3.8, 4) is 17.1 Å². The van der Waals surface area contributed by atoms with Gasteiger partial charge in [0.2, 0.25) is 5.82 Å². The minimum Gasteiger partial charge on any atom is -0.383 e. The molecule has 0 saturated heterocycles. The van der Waals surface area contributed by atoms with E-state index in [1.807, 2.05) is 13.0 Å². The SMILES string of the molecule is CC[C@H](Nc1ncnc(N)c1-c1nnn(C)n1)c1nc2cccc(F)c2c(=O)n1-c1ccccc1. The molecule has 176 valence electrons. The maximum atomic E-state index is 14.7. The number of rotatable bonds is 6. The molecule has 0 spiro atoms. The molecule has 0 saturated carbocycles. The molecule has 5 rings (SSSR count). The molecule has 0 radical (unpaired) electrons. The van der Waals surface area contributed by atoms with Crippen molar-refractivity contribution < 1.29 is 4.39 Å². The maximum Gasteiger partial charge on any atom is 0.269 e. The largest absolute Gasteiger partial charge is 0.383 e. The highest BCUT2D eigenvalue weighted by Crippen LogP contribution is 2.31. The third-order valence-corrected chi connectivity index (χ3v) is 5.53. The molecule has 35 heavy (non-hydrogen) atoms. The van der Waals surface area contributed by atoms with Gasteiger partial charge in [-0.05, 0) is 35.9 Å². The zero-order chi connectivity index (χ0) is 24.5. The summed E-state index contributed by atoms with van der Waals surface area (Å²) < 4.78 is 16.1. The molecule has 0 aliphatic carbocycles. The lowest BCUT2D eigenvalue weighted by atomic mass is 10.1. The number of para-hydroxylation sites is 1. The summed E-state index contributed by atoms with van der Waals surface area (Å²) in [5.74, 6) is 0.524. The predicted molar refractivity (Wildman–Crippen MR) is 128 cm³/mol. The van der Waals surface area contributed by atoms with Crippen LogP contribution in [0.1, 0.15) is 25.2 Å². The molecular formula is C23H21FN10O. The molecule has 3 aromatic heterocycles. The van der Waals surface area contributed by atoms with Crippen LogP contribution >= 0.6 is 0 Å². The van der Waals surface area contributed by atoms with Crippen molar-refractivity contribution in [1.29, 1.82) is 0 Å². The van der Waals surface area contributed by atoms with Crippen LogP contribution in [-0.4, -0.2) is 39.7 Å². The lowest BCUT2D eigenvalue weighted by Gasteiger charge is -2.23. The lowest BCUT2D eigenvalue weighted by molar-refractivity contribution is 0.629. The van der Waals surface area contributed by atoms with Gasteiger partial charge in [0.25, 0.3) is 5.56 Å². The van der Waals surface area contributed by atoms with E-state index in [1.54, 1.807) is 37.4 Å². The number of fused-ring (bicyclic) bond motifs is 1. The van der Waals surface area contributed by atoms with Crippen molar-refractivity contribution in [2.75, 3.05) is 11.1 Å². The molecule has 3 heterocycles. The Bertz CT molecular complexity index is 1580. The van der Waals surface area contributed by atoms with E-state index in [-0.39, 0.29) is 22.5 Å². The molecular weight excluding hydrogens is 451 g/mol. The number of tetrazole rings is 1. The number of nitrogens with two attached hydrogens (primary N) is 1. The summed E-state index contributed by atoms with van der Waals surface area (Å²) in [6.07, 6.45) is 1.83. The number of nitrogens with zero attached hydrogens (tertiary/aromatic N) is 8. The first kappa shape index (κ1) is 22.1. The standard InChI is InChI=1S/C23H21FN10O/c1-3-15(28-20-18(19(25)26-12-27-20)21-30-32-33(2)31-21)22-29-16-11-7-10-14(24)17(16)23(35)34(22)13-8-5-4-6-9-13/h4-12,15H,3H2,1-2H3,(H3,25,26,27,28)/t15-/m0/s1. The maximum absolute atomic E-state index is 14.7. The minimum absolute atomic E-state index is 0.0781. The van der Waals surface area contributed by atoms with Crippen LogP contribution < -0.4 is 16.6 Å². The van der Waals surface area contributed by atoms with E-state index in [2.05, 4.69) is 30.7 Å². The van der Waals surface area contributed by atoms with Crippen LogP contribution in [-0.2, 0) is 7.05 Å². The molecule has 2 aromatic carbocycles. The van der Waals surface area contributed by atoms with Crippen molar-refractivity contribution >= 4 is 22.5 Å².